The Balaban J connectivity index is 0. The van der Waals surface area contributed by atoms with E-state index in [4.69, 9.17) is 0 Å². The van der Waals surface area contributed by atoms with Gasteiger partial charge in [0.15, 0.2) is 0 Å². The normalized spacial score (nSPS) is 6.55. The molecule has 1 heterocycles. The fourth-order valence-electron chi connectivity index (χ4n) is 0.253. The first-order valence-corrected chi connectivity index (χ1v) is 4.11. The van der Waals surface area contributed by atoms with Crippen molar-refractivity contribution in [3.63, 3.8) is 0 Å². The van der Waals surface area contributed by atoms with Crippen molar-refractivity contribution in [2.45, 2.75) is 34.1 Å². The maximum Gasteiger partial charge on any atom is 0.0451 e. The van der Waals surface area contributed by atoms with Crippen molar-refractivity contribution in [3.8, 4) is 0 Å². The second-order valence-electron chi connectivity index (χ2n) is 1.60. The van der Waals surface area contributed by atoms with Gasteiger partial charge >= 0.3 is 0 Å². The van der Waals surface area contributed by atoms with Crippen molar-refractivity contribution in [2.75, 3.05) is 0 Å². The Labute approximate surface area is 69.7 Å². The summed E-state index contributed by atoms with van der Waals surface area (Å²) in [6.07, 6.45) is 7.81. The molecule has 0 aliphatic carbocycles. The van der Waals surface area contributed by atoms with E-state index in [1.807, 2.05) is 13.8 Å². The van der Waals surface area contributed by atoms with Crippen LogP contribution in [0.5, 0.6) is 0 Å². The Morgan fingerprint density at radius 1 is 0.818 bits per heavy atom. The van der Waals surface area contributed by atoms with E-state index < -0.39 is 0 Å². The van der Waals surface area contributed by atoms with E-state index in [1.165, 1.54) is 6.42 Å². The van der Waals surface area contributed by atoms with Gasteiger partial charge in [-0.2, -0.15) is 0 Å². The van der Waals surface area contributed by atoms with E-state index in [9.17, 15) is 0 Å². The van der Waals surface area contributed by atoms with Crippen LogP contribution in [0.25, 0.3) is 0 Å². The van der Waals surface area contributed by atoms with Crippen LogP contribution in [0.1, 0.15) is 34.1 Å². The summed E-state index contributed by atoms with van der Waals surface area (Å²) < 4.78 is 0. The lowest BCUT2D eigenvalue weighted by atomic mass is 10.6. The molecule has 2 nitrogen and oxygen atoms in total. The quantitative estimate of drug-likeness (QED) is 0.574. The number of hydrogen-bond acceptors (Lipinski definition) is 2. The monoisotopic (exact) mass is 154 g/mol. The first kappa shape index (κ1) is 12.7. The van der Waals surface area contributed by atoms with E-state index >= 15 is 0 Å². The minimum atomic E-state index is 1.25. The molecule has 0 radical (unpaired) electrons. The zero-order valence-corrected chi connectivity index (χ0v) is 7.91. The minimum Gasteiger partial charge on any atom is -0.262 e. The van der Waals surface area contributed by atoms with Crippen LogP contribution in [0.3, 0.4) is 0 Å². The smallest absolute Gasteiger partial charge is 0.0451 e. The van der Waals surface area contributed by atoms with Crippen molar-refractivity contribution < 1.29 is 0 Å². The Bertz CT molecular complexity index is 90.4. The summed E-state index contributed by atoms with van der Waals surface area (Å²) in [4.78, 5) is 7.44. The summed E-state index contributed by atoms with van der Waals surface area (Å²) in [6.45, 7) is 8.25. The average molecular weight is 154 g/mol. The molecule has 0 fully saturated rings. The maximum absolute atomic E-state index is 3.72. The van der Waals surface area contributed by atoms with E-state index in [0.717, 1.165) is 0 Å². The summed E-state index contributed by atoms with van der Waals surface area (Å²) in [6, 6.07) is 0. The molecule has 0 N–H and O–H groups in total. The minimum absolute atomic E-state index is 1.25. The number of rotatable bonds is 0. The fraction of sp³-hybridized carbons (Fsp3) is 0.556. The molecule has 0 aliphatic heterocycles. The van der Waals surface area contributed by atoms with Gasteiger partial charge < -0.3 is 0 Å². The van der Waals surface area contributed by atoms with Gasteiger partial charge in [0.25, 0.3) is 0 Å². The lowest BCUT2D eigenvalue weighted by molar-refractivity contribution is 1.09. The van der Waals surface area contributed by atoms with Crippen LogP contribution in [0, 0.1) is 0 Å². The lowest BCUT2D eigenvalue weighted by Crippen LogP contribution is -1.66. The van der Waals surface area contributed by atoms with Crippen molar-refractivity contribution in [3.05, 3.63) is 24.8 Å². The van der Waals surface area contributed by atoms with Crippen LogP contribution in [-0.4, -0.2) is 9.97 Å². The van der Waals surface area contributed by atoms with E-state index in [1.54, 1.807) is 24.8 Å². The summed E-state index contributed by atoms with van der Waals surface area (Å²) in [5, 5.41) is 0. The number of nitrogens with zero attached hydrogens (tertiary/aromatic N) is 2. The molecular formula is C9H18N2. The molecule has 0 atom stereocenters. The molecule has 0 saturated carbocycles. The summed E-state index contributed by atoms with van der Waals surface area (Å²) >= 11 is 0. The molecule has 0 spiro atoms. The van der Waals surface area contributed by atoms with Crippen molar-refractivity contribution in [1.82, 2.24) is 9.97 Å². The van der Waals surface area contributed by atoms with Crippen molar-refractivity contribution in [1.29, 1.82) is 0 Å². The highest BCUT2D eigenvalue weighted by Crippen LogP contribution is 1.65. The highest BCUT2D eigenvalue weighted by Gasteiger charge is 1.59. The third kappa shape index (κ3) is 17.6. The SMILES string of the molecule is CC.CCC.c1cnccn1. The Morgan fingerprint density at radius 2 is 1.00 bits per heavy atom. The van der Waals surface area contributed by atoms with Crippen LogP contribution in [-0.2, 0) is 0 Å². The topological polar surface area (TPSA) is 25.8 Å². The predicted octanol–water partition coefficient (Wildman–Crippen LogP) is 2.92. The molecule has 0 aromatic carbocycles. The molecular weight excluding hydrogens is 136 g/mol. The third-order valence-electron chi connectivity index (χ3n) is 0.478. The van der Waals surface area contributed by atoms with Crippen LogP contribution in [0.15, 0.2) is 24.8 Å². The average Bonchev–Trinajstić information content (AvgIpc) is 2.12. The summed E-state index contributed by atoms with van der Waals surface area (Å²) in [5.74, 6) is 0. The predicted molar refractivity (Wildman–Crippen MR) is 49.3 cm³/mol. The summed E-state index contributed by atoms with van der Waals surface area (Å²) in [5.41, 5.74) is 0. The van der Waals surface area contributed by atoms with E-state index in [-0.39, 0.29) is 0 Å². The Kier molecular flexibility index (Phi) is 18.6. The first-order valence-electron chi connectivity index (χ1n) is 4.11. The summed E-state index contributed by atoms with van der Waals surface area (Å²) in [7, 11) is 0. The second-order valence-corrected chi connectivity index (χ2v) is 1.60. The number of aromatic nitrogens is 2. The van der Waals surface area contributed by atoms with E-state index in [2.05, 4.69) is 23.8 Å². The zero-order valence-electron chi connectivity index (χ0n) is 7.91. The van der Waals surface area contributed by atoms with Crippen molar-refractivity contribution >= 4 is 0 Å². The maximum atomic E-state index is 3.72. The molecule has 2 heteroatoms. The Morgan fingerprint density at radius 3 is 1.09 bits per heavy atom. The molecule has 0 amide bonds. The molecule has 11 heavy (non-hydrogen) atoms. The van der Waals surface area contributed by atoms with Gasteiger partial charge in [-0.3, -0.25) is 9.97 Å². The van der Waals surface area contributed by atoms with Gasteiger partial charge in [-0.05, 0) is 0 Å². The van der Waals surface area contributed by atoms with Gasteiger partial charge in [0, 0.05) is 24.8 Å². The van der Waals surface area contributed by atoms with Crippen molar-refractivity contribution in [2.24, 2.45) is 0 Å². The van der Waals surface area contributed by atoms with Crippen LogP contribution < -0.4 is 0 Å². The van der Waals surface area contributed by atoms with Crippen LogP contribution >= 0.6 is 0 Å². The molecule has 64 valence electrons. The van der Waals surface area contributed by atoms with Gasteiger partial charge in [-0.1, -0.05) is 34.1 Å². The third-order valence-corrected chi connectivity index (χ3v) is 0.478. The molecule has 0 unspecified atom stereocenters. The molecule has 0 saturated heterocycles. The standard InChI is InChI=1S/C4H4N2.C3H8.C2H6/c1-2-6-4-3-5-1;1-3-2;1-2/h1-4H;3H2,1-2H3;1-2H3. The van der Waals surface area contributed by atoms with Crippen LogP contribution in [0.2, 0.25) is 0 Å². The van der Waals surface area contributed by atoms with Crippen LogP contribution in [0.4, 0.5) is 0 Å². The highest BCUT2D eigenvalue weighted by atomic mass is 14.7. The second kappa shape index (κ2) is 16.0. The first-order chi connectivity index (χ1) is 5.41. The lowest BCUT2D eigenvalue weighted by Gasteiger charge is -1.70. The van der Waals surface area contributed by atoms with Gasteiger partial charge in [0.05, 0.1) is 0 Å². The molecule has 1 rings (SSSR count). The Hall–Kier alpha value is -0.920. The molecule has 0 aliphatic rings. The largest absolute Gasteiger partial charge is 0.262 e. The zero-order chi connectivity index (χ0) is 8.95. The van der Waals surface area contributed by atoms with Gasteiger partial charge in [-0.25, -0.2) is 0 Å². The number of hydrogen-bond donors (Lipinski definition) is 0. The van der Waals surface area contributed by atoms with E-state index in [0.29, 0.717) is 0 Å². The van der Waals surface area contributed by atoms with Gasteiger partial charge in [0.2, 0.25) is 0 Å². The molecule has 1 aromatic rings. The highest BCUT2D eigenvalue weighted by molar-refractivity contribution is 4.70. The molecule has 1 aromatic heterocycles. The van der Waals surface area contributed by atoms with Gasteiger partial charge in [-0.15, -0.1) is 0 Å². The van der Waals surface area contributed by atoms with Gasteiger partial charge in [0.1, 0.15) is 0 Å². The molecule has 0 bridgehead atoms. The fourth-order valence-corrected chi connectivity index (χ4v) is 0.253.